The fourth-order valence-electron chi connectivity index (χ4n) is 10.5. The lowest BCUT2D eigenvalue weighted by Crippen LogP contribution is -2.53. The topological polar surface area (TPSA) is 16.4 Å². The van der Waals surface area contributed by atoms with Crippen molar-refractivity contribution in [2.45, 2.75) is 19.3 Å². The van der Waals surface area contributed by atoms with Gasteiger partial charge in [-0.3, -0.25) is 0 Å². The summed E-state index contributed by atoms with van der Waals surface area (Å²) in [5.74, 6) is 0. The predicted octanol–water partition coefficient (Wildman–Crippen LogP) is 1.73. The Kier molecular flexibility index (Phi) is 9.76. The van der Waals surface area contributed by atoms with Crippen molar-refractivity contribution in [3.8, 4) is 33.4 Å². The fourth-order valence-corrected chi connectivity index (χ4v) is 10.5. The van der Waals surface area contributed by atoms with E-state index in [1.807, 2.05) is 72.8 Å². The van der Waals surface area contributed by atoms with Gasteiger partial charge < -0.3 is 9.32 Å². The first kappa shape index (κ1) is 42.5. The molecule has 0 fully saturated rings. The first-order chi connectivity index (χ1) is 31.6. The minimum Gasteiger partial charge on any atom is -0.455 e. The second-order valence-corrected chi connectivity index (χ2v) is 17.6. The highest BCUT2D eigenvalue weighted by Gasteiger charge is 2.38. The molecule has 0 unspecified atom stereocenters. The molecule has 1 heterocycles. The van der Waals surface area contributed by atoms with Crippen LogP contribution in [0, 0.1) is 0 Å². The van der Waals surface area contributed by atoms with Crippen molar-refractivity contribution < 1.29 is 4.42 Å². The van der Waals surface area contributed by atoms with E-state index < -0.39 is 5.41 Å². The number of hydrogen-bond donors (Lipinski definition) is 0. The molecule has 0 atom stereocenters. The maximum Gasteiger partial charge on any atom is 0.143 e. The molecule has 11 rings (SSSR count). The second-order valence-electron chi connectivity index (χ2n) is 17.6. The minimum absolute atomic E-state index is 0.0205. The quantitative estimate of drug-likeness (QED) is 0.247. The maximum atomic E-state index is 7.35. The highest BCUT2D eigenvalue weighted by atomic mass is 16.3. The van der Waals surface area contributed by atoms with E-state index >= 15 is 0 Å². The molecule has 0 saturated heterocycles. The number of hydrogen-bond acceptors (Lipinski definition) is 2. The van der Waals surface area contributed by atoms with E-state index in [4.69, 9.17) is 90.7 Å². The van der Waals surface area contributed by atoms with Gasteiger partial charge in [0.1, 0.15) is 97.5 Å². The molecule has 1 aliphatic rings. The number of furan rings is 1. The van der Waals surface area contributed by atoms with Gasteiger partial charge in [-0.1, -0.05) is 155 Å². The fraction of sp³-hybridized carbons (Fsp3) is 0.0566. The summed E-state index contributed by atoms with van der Waals surface area (Å²) < 4.78 is 6.58. The number of nitrogens with zero attached hydrogens (tertiary/aromatic N) is 1. The summed E-state index contributed by atoms with van der Waals surface area (Å²) >= 11 is 0. The number of benzene rings is 9. The van der Waals surface area contributed by atoms with Gasteiger partial charge in [0.05, 0.1) is 0 Å². The van der Waals surface area contributed by atoms with Crippen LogP contribution in [0.25, 0.3) is 76.9 Å². The van der Waals surface area contributed by atoms with Crippen LogP contribution < -0.4 is 65.0 Å². The molecular formula is C53H26B11NO. The van der Waals surface area contributed by atoms with Crippen molar-refractivity contribution >= 4 is 207 Å². The third-order valence-corrected chi connectivity index (χ3v) is 13.7. The third-order valence-electron chi connectivity index (χ3n) is 13.7. The molecule has 9 aromatic carbocycles. The molecule has 0 bridgehead atoms. The minimum atomic E-state index is -0.416. The van der Waals surface area contributed by atoms with Gasteiger partial charge in [0.25, 0.3) is 0 Å². The summed E-state index contributed by atoms with van der Waals surface area (Å²) in [5, 5.41) is 4.49. The van der Waals surface area contributed by atoms with E-state index in [0.29, 0.717) is 11.3 Å². The average Bonchev–Trinajstić information content (AvgIpc) is 3.83. The Bertz CT molecular complexity index is 3740. The van der Waals surface area contributed by atoms with Gasteiger partial charge in [-0.2, -0.15) is 0 Å². The Morgan fingerprint density at radius 1 is 0.424 bits per heavy atom. The SMILES string of the molecule is [B]c1c([B])c(N(c2cccc(-c3cccc4oc5c6ccccc6ccc5c34)c2)c2c([B])c([B])c([B])c3c([B])c([B])c([B])c([B])c23)c([B])c([B])c1-c1cccc2c1C(C)(C)c1ccccc1-2. The second kappa shape index (κ2) is 15.2. The van der Waals surface area contributed by atoms with Crippen LogP contribution >= 0.6 is 0 Å². The Morgan fingerprint density at radius 3 is 1.74 bits per heavy atom. The lowest BCUT2D eigenvalue weighted by atomic mass is 9.59. The van der Waals surface area contributed by atoms with Crippen molar-refractivity contribution in [3.63, 3.8) is 0 Å². The predicted molar refractivity (Wildman–Crippen MR) is 291 cm³/mol. The van der Waals surface area contributed by atoms with Crippen LogP contribution in [0.1, 0.15) is 25.0 Å². The molecule has 0 saturated carbocycles. The molecule has 0 aliphatic heterocycles. The lowest BCUT2D eigenvalue weighted by Gasteiger charge is -2.37. The highest BCUT2D eigenvalue weighted by molar-refractivity contribution is 6.72. The van der Waals surface area contributed by atoms with Crippen molar-refractivity contribution in [1.29, 1.82) is 0 Å². The average molecular weight is 812 g/mol. The molecule has 1 aliphatic carbocycles. The van der Waals surface area contributed by atoms with Gasteiger partial charge in [-0.15, -0.1) is 16.4 Å². The van der Waals surface area contributed by atoms with E-state index in [1.54, 1.807) is 4.90 Å². The zero-order chi connectivity index (χ0) is 46.2. The van der Waals surface area contributed by atoms with Crippen LogP contribution in [-0.2, 0) is 5.41 Å². The zero-order valence-corrected chi connectivity index (χ0v) is 36.3. The summed E-state index contributed by atoms with van der Waals surface area (Å²) in [5.41, 5.74) is 10.5. The molecule has 10 aromatic rings. The van der Waals surface area contributed by atoms with E-state index in [-0.39, 0.29) is 82.2 Å². The first-order valence-corrected chi connectivity index (χ1v) is 21.4. The zero-order valence-electron chi connectivity index (χ0n) is 36.3. The molecule has 0 amide bonds. The molecule has 22 radical (unpaired) electrons. The van der Waals surface area contributed by atoms with Crippen LogP contribution in [0.15, 0.2) is 126 Å². The number of fused-ring (bicyclic) bond motifs is 9. The van der Waals surface area contributed by atoms with Crippen LogP contribution in [0.2, 0.25) is 0 Å². The normalized spacial score (nSPS) is 12.9. The standard InChI is InChI=1S/C53H26B11NO/c1-53(2)32-18-6-5-14-28(32)29-16-8-17-30(38(29)53)35-39(54)47(62)51(48(63)40(35)55)65(50-37-36(42(57)46(61)49(50)64)41(56)44(59)45(60)43(37)58)25-12-7-11-24(22-25)26-15-9-19-33-34(26)31-21-20-23-10-3-4-13-27(23)52(31)66-33/h3-22H,1-2H3. The maximum absolute atomic E-state index is 7.35. The Labute approximate surface area is 399 Å². The molecular weight excluding hydrogens is 786 g/mol. The van der Waals surface area contributed by atoms with Gasteiger partial charge >= 0.3 is 0 Å². The van der Waals surface area contributed by atoms with Gasteiger partial charge in [0, 0.05) is 38.6 Å². The van der Waals surface area contributed by atoms with Crippen molar-refractivity contribution in [3.05, 3.63) is 132 Å². The molecule has 2 nitrogen and oxygen atoms in total. The summed E-state index contributed by atoms with van der Waals surface area (Å²) in [7, 11) is 76.5. The van der Waals surface area contributed by atoms with E-state index in [9.17, 15) is 0 Å². The Hall–Kier alpha value is -6.19. The first-order valence-electron chi connectivity index (χ1n) is 21.4. The molecule has 0 N–H and O–H groups in total. The monoisotopic (exact) mass is 813 g/mol. The van der Waals surface area contributed by atoms with Crippen molar-refractivity contribution in [1.82, 2.24) is 0 Å². The van der Waals surface area contributed by atoms with Crippen LogP contribution in [-0.4, -0.2) is 86.3 Å². The number of rotatable bonds is 5. The van der Waals surface area contributed by atoms with Gasteiger partial charge in [0.2, 0.25) is 0 Å². The van der Waals surface area contributed by atoms with Crippen LogP contribution in [0.4, 0.5) is 17.1 Å². The number of anilines is 3. The largest absolute Gasteiger partial charge is 0.455 e. The van der Waals surface area contributed by atoms with E-state index in [0.717, 1.165) is 66.1 Å². The van der Waals surface area contributed by atoms with E-state index in [1.165, 1.54) is 5.56 Å². The summed E-state index contributed by atoms with van der Waals surface area (Å²) in [4.78, 5) is 1.75. The smallest absolute Gasteiger partial charge is 0.143 e. The third kappa shape index (κ3) is 5.84. The molecule has 66 heavy (non-hydrogen) atoms. The van der Waals surface area contributed by atoms with Crippen LogP contribution in [0.5, 0.6) is 0 Å². The van der Waals surface area contributed by atoms with E-state index in [2.05, 4.69) is 62.4 Å². The lowest BCUT2D eigenvalue weighted by molar-refractivity contribution is 0.662. The molecule has 0 spiro atoms. The Balaban J connectivity index is 1.21. The summed E-state index contributed by atoms with van der Waals surface area (Å²) in [6.45, 7) is 4.37. The van der Waals surface area contributed by atoms with Gasteiger partial charge in [-0.25, -0.2) is 0 Å². The Morgan fingerprint density at radius 2 is 1.00 bits per heavy atom. The summed E-state index contributed by atoms with van der Waals surface area (Å²) in [6, 6.07) is 40.6. The molecule has 282 valence electrons. The molecule has 1 aromatic heterocycles. The summed E-state index contributed by atoms with van der Waals surface area (Å²) in [6.07, 6.45) is 0. The molecule has 13 heteroatoms. The van der Waals surface area contributed by atoms with Crippen molar-refractivity contribution in [2.75, 3.05) is 4.90 Å². The van der Waals surface area contributed by atoms with Crippen molar-refractivity contribution in [2.24, 2.45) is 0 Å². The van der Waals surface area contributed by atoms with Gasteiger partial charge in [-0.05, 0) is 84.9 Å². The van der Waals surface area contributed by atoms with Gasteiger partial charge in [0.15, 0.2) is 0 Å². The van der Waals surface area contributed by atoms with Crippen LogP contribution in [0.3, 0.4) is 0 Å². The highest BCUT2D eigenvalue weighted by Crippen LogP contribution is 2.52.